The van der Waals surface area contributed by atoms with Gasteiger partial charge in [-0.3, -0.25) is 4.79 Å². The first-order valence-electron chi connectivity index (χ1n) is 6.72. The molecule has 1 amide bonds. The lowest BCUT2D eigenvalue weighted by Crippen LogP contribution is -2.43. The Balaban J connectivity index is 2.51. The van der Waals surface area contributed by atoms with Crippen LogP contribution >= 0.6 is 0 Å². The number of hydrogen-bond acceptors (Lipinski definition) is 2. The number of carbonyl (C=O) groups excluding carboxylic acids is 1. The molecule has 0 aliphatic rings. The van der Waals surface area contributed by atoms with Gasteiger partial charge in [0.25, 0.3) is 0 Å². The molecule has 1 aromatic carbocycles. The van der Waals surface area contributed by atoms with Crippen LogP contribution in [-0.2, 0) is 22.4 Å². The van der Waals surface area contributed by atoms with Crippen molar-refractivity contribution in [3.63, 3.8) is 0 Å². The number of halogens is 1. The number of carboxylic acid groups (broad SMARTS) is 1. The number of rotatable bonds is 8. The SMILES string of the molecule is CCCCc1ccc(CC(=O)NC(CF)C(=O)O)cc1. The molecule has 4 nitrogen and oxygen atoms in total. The van der Waals surface area contributed by atoms with Gasteiger partial charge in [0, 0.05) is 0 Å². The number of hydrogen-bond donors (Lipinski definition) is 2. The summed E-state index contributed by atoms with van der Waals surface area (Å²) >= 11 is 0. The van der Waals surface area contributed by atoms with Gasteiger partial charge in [-0.2, -0.15) is 0 Å². The number of unbranched alkanes of at least 4 members (excludes halogenated alkanes) is 1. The fourth-order valence-electron chi connectivity index (χ4n) is 1.80. The fourth-order valence-corrected chi connectivity index (χ4v) is 1.80. The van der Waals surface area contributed by atoms with E-state index in [1.807, 2.05) is 24.3 Å². The first-order chi connectivity index (χ1) is 9.56. The molecular formula is C15H20FNO3. The van der Waals surface area contributed by atoms with Gasteiger partial charge in [0.1, 0.15) is 6.67 Å². The average molecular weight is 281 g/mol. The highest BCUT2D eigenvalue weighted by Crippen LogP contribution is 2.08. The number of aliphatic carboxylic acids is 1. The molecule has 20 heavy (non-hydrogen) atoms. The van der Waals surface area contributed by atoms with Crippen LogP contribution in [0.15, 0.2) is 24.3 Å². The predicted molar refractivity (Wildman–Crippen MR) is 74.3 cm³/mol. The Kier molecular flexibility index (Phi) is 6.70. The zero-order valence-electron chi connectivity index (χ0n) is 11.6. The molecule has 2 N–H and O–H groups in total. The molecule has 0 aliphatic heterocycles. The molecule has 1 aromatic rings. The van der Waals surface area contributed by atoms with E-state index in [1.54, 1.807) is 0 Å². The van der Waals surface area contributed by atoms with Gasteiger partial charge in [-0.1, -0.05) is 37.6 Å². The summed E-state index contributed by atoms with van der Waals surface area (Å²) in [6.07, 6.45) is 3.31. The van der Waals surface area contributed by atoms with Crippen LogP contribution in [-0.4, -0.2) is 29.7 Å². The molecule has 0 aliphatic carbocycles. The van der Waals surface area contributed by atoms with E-state index in [0.717, 1.165) is 24.8 Å². The van der Waals surface area contributed by atoms with Crippen molar-refractivity contribution >= 4 is 11.9 Å². The zero-order valence-corrected chi connectivity index (χ0v) is 11.6. The van der Waals surface area contributed by atoms with Crippen molar-refractivity contribution < 1.29 is 19.1 Å². The number of amides is 1. The molecule has 0 aromatic heterocycles. The van der Waals surface area contributed by atoms with Crippen LogP contribution in [0.1, 0.15) is 30.9 Å². The van der Waals surface area contributed by atoms with Crippen LogP contribution in [0.5, 0.6) is 0 Å². The number of aryl methyl sites for hydroxylation is 1. The van der Waals surface area contributed by atoms with Crippen LogP contribution in [0.3, 0.4) is 0 Å². The van der Waals surface area contributed by atoms with Crippen LogP contribution in [0, 0.1) is 0 Å². The van der Waals surface area contributed by atoms with Crippen LogP contribution in [0.2, 0.25) is 0 Å². The molecule has 1 unspecified atom stereocenters. The summed E-state index contributed by atoms with van der Waals surface area (Å²) in [5, 5.41) is 10.8. The highest BCUT2D eigenvalue weighted by Gasteiger charge is 2.19. The quantitative estimate of drug-likeness (QED) is 0.767. The van der Waals surface area contributed by atoms with Crippen molar-refractivity contribution in [1.29, 1.82) is 0 Å². The van der Waals surface area contributed by atoms with Crippen molar-refractivity contribution in [3.8, 4) is 0 Å². The fraction of sp³-hybridized carbons (Fsp3) is 0.467. The molecular weight excluding hydrogens is 261 g/mol. The first kappa shape index (κ1) is 16.1. The van der Waals surface area contributed by atoms with Gasteiger partial charge < -0.3 is 10.4 Å². The molecule has 5 heteroatoms. The zero-order chi connectivity index (χ0) is 15.0. The van der Waals surface area contributed by atoms with Crippen molar-refractivity contribution in [2.75, 3.05) is 6.67 Å². The van der Waals surface area contributed by atoms with E-state index < -0.39 is 24.6 Å². The summed E-state index contributed by atoms with van der Waals surface area (Å²) in [5.74, 6) is -1.85. The van der Waals surface area contributed by atoms with Gasteiger partial charge in [0.05, 0.1) is 6.42 Å². The normalized spacial score (nSPS) is 11.9. The molecule has 0 spiro atoms. The Morgan fingerprint density at radius 3 is 2.35 bits per heavy atom. The van der Waals surface area contributed by atoms with E-state index >= 15 is 0 Å². The van der Waals surface area contributed by atoms with Crippen molar-refractivity contribution in [1.82, 2.24) is 5.32 Å². The summed E-state index contributed by atoms with van der Waals surface area (Å²) in [7, 11) is 0. The Bertz CT molecular complexity index is 445. The second kappa shape index (κ2) is 8.30. The lowest BCUT2D eigenvalue weighted by atomic mass is 10.0. The molecule has 0 fully saturated rings. The molecule has 0 bridgehead atoms. The largest absolute Gasteiger partial charge is 0.480 e. The van der Waals surface area contributed by atoms with Crippen LogP contribution in [0.4, 0.5) is 4.39 Å². The summed E-state index contributed by atoms with van der Waals surface area (Å²) in [5.41, 5.74) is 1.99. The number of benzene rings is 1. The Labute approximate surface area is 118 Å². The number of nitrogens with one attached hydrogen (secondary N) is 1. The van der Waals surface area contributed by atoms with Crippen LogP contribution < -0.4 is 5.32 Å². The second-order valence-electron chi connectivity index (χ2n) is 4.71. The maximum Gasteiger partial charge on any atom is 0.328 e. The standard InChI is InChI=1S/C15H20FNO3/c1-2-3-4-11-5-7-12(8-6-11)9-14(18)17-13(10-16)15(19)20/h5-8,13H,2-4,9-10H2,1H3,(H,17,18)(H,19,20). The maximum absolute atomic E-state index is 12.4. The Morgan fingerprint density at radius 2 is 1.85 bits per heavy atom. The third kappa shape index (κ3) is 5.38. The van der Waals surface area contributed by atoms with E-state index in [9.17, 15) is 14.0 Å². The van der Waals surface area contributed by atoms with Gasteiger partial charge in [0.15, 0.2) is 6.04 Å². The lowest BCUT2D eigenvalue weighted by Gasteiger charge is -2.10. The molecule has 0 radical (unpaired) electrons. The minimum absolute atomic E-state index is 0.0534. The van der Waals surface area contributed by atoms with Crippen molar-refractivity contribution in [2.24, 2.45) is 0 Å². The van der Waals surface area contributed by atoms with Crippen LogP contribution in [0.25, 0.3) is 0 Å². The average Bonchev–Trinajstić information content (AvgIpc) is 2.43. The number of carbonyl (C=O) groups is 2. The van der Waals surface area contributed by atoms with Gasteiger partial charge >= 0.3 is 5.97 Å². The predicted octanol–water partition coefficient (Wildman–Crippen LogP) is 2.11. The van der Waals surface area contributed by atoms with Crippen molar-refractivity contribution in [2.45, 2.75) is 38.6 Å². The second-order valence-corrected chi connectivity index (χ2v) is 4.71. The lowest BCUT2D eigenvalue weighted by molar-refractivity contribution is -0.142. The third-order valence-electron chi connectivity index (χ3n) is 2.99. The van der Waals surface area contributed by atoms with E-state index in [2.05, 4.69) is 12.2 Å². The van der Waals surface area contributed by atoms with Gasteiger partial charge in [-0.25, -0.2) is 9.18 Å². The summed E-state index contributed by atoms with van der Waals surface area (Å²) in [4.78, 5) is 22.2. The highest BCUT2D eigenvalue weighted by atomic mass is 19.1. The molecule has 1 atom stereocenters. The first-order valence-corrected chi connectivity index (χ1v) is 6.72. The van der Waals surface area contributed by atoms with E-state index in [4.69, 9.17) is 5.11 Å². The van der Waals surface area contributed by atoms with Gasteiger partial charge in [-0.15, -0.1) is 0 Å². The summed E-state index contributed by atoms with van der Waals surface area (Å²) < 4.78 is 12.4. The highest BCUT2D eigenvalue weighted by molar-refractivity contribution is 5.84. The molecule has 110 valence electrons. The number of alkyl halides is 1. The summed E-state index contributed by atoms with van der Waals surface area (Å²) in [6, 6.07) is 6.14. The minimum atomic E-state index is -1.47. The van der Waals surface area contributed by atoms with E-state index in [0.29, 0.717) is 0 Å². The Morgan fingerprint density at radius 1 is 1.25 bits per heavy atom. The molecule has 0 saturated carbocycles. The van der Waals surface area contributed by atoms with Gasteiger partial charge in [-0.05, 0) is 24.0 Å². The third-order valence-corrected chi connectivity index (χ3v) is 2.99. The summed E-state index contributed by atoms with van der Waals surface area (Å²) in [6.45, 7) is 1.01. The maximum atomic E-state index is 12.4. The molecule has 0 heterocycles. The molecule has 0 saturated heterocycles. The number of carboxylic acids is 1. The molecule has 1 rings (SSSR count). The Hall–Kier alpha value is -1.91. The smallest absolute Gasteiger partial charge is 0.328 e. The van der Waals surface area contributed by atoms with E-state index in [-0.39, 0.29) is 6.42 Å². The topological polar surface area (TPSA) is 66.4 Å². The van der Waals surface area contributed by atoms with Crippen molar-refractivity contribution in [3.05, 3.63) is 35.4 Å². The minimum Gasteiger partial charge on any atom is -0.480 e. The van der Waals surface area contributed by atoms with Gasteiger partial charge in [0.2, 0.25) is 5.91 Å². The monoisotopic (exact) mass is 281 g/mol. The van der Waals surface area contributed by atoms with E-state index in [1.165, 1.54) is 5.56 Å².